The Morgan fingerprint density at radius 2 is 1.69 bits per heavy atom. The fourth-order valence-corrected chi connectivity index (χ4v) is 3.61. The third kappa shape index (κ3) is 4.64. The van der Waals surface area contributed by atoms with E-state index in [1.54, 1.807) is 30.5 Å². The molecule has 1 N–H and O–H groups in total. The van der Waals surface area contributed by atoms with E-state index in [-0.39, 0.29) is 18.3 Å². The zero-order valence-electron chi connectivity index (χ0n) is 18.0. The molecule has 0 bridgehead atoms. The van der Waals surface area contributed by atoms with Crippen molar-refractivity contribution < 1.29 is 18.7 Å². The summed E-state index contributed by atoms with van der Waals surface area (Å²) >= 11 is 0. The van der Waals surface area contributed by atoms with Crippen LogP contribution in [-0.4, -0.2) is 22.9 Å². The first-order chi connectivity index (χ1) is 15.5. The van der Waals surface area contributed by atoms with Gasteiger partial charge in [-0.3, -0.25) is 9.59 Å². The zero-order valence-corrected chi connectivity index (χ0v) is 18.0. The van der Waals surface area contributed by atoms with Crippen LogP contribution in [0.15, 0.2) is 83.5 Å². The molecule has 6 nitrogen and oxygen atoms in total. The van der Waals surface area contributed by atoms with E-state index in [1.807, 2.05) is 66.9 Å². The van der Waals surface area contributed by atoms with E-state index in [1.165, 1.54) is 0 Å². The zero-order chi connectivity index (χ0) is 22.5. The van der Waals surface area contributed by atoms with Gasteiger partial charge in [-0.1, -0.05) is 30.3 Å². The Hall–Kier alpha value is -4.06. The summed E-state index contributed by atoms with van der Waals surface area (Å²) in [5.41, 5.74) is 3.47. The molecule has 0 saturated carbocycles. The number of carbonyl (C=O) groups is 2. The van der Waals surface area contributed by atoms with E-state index < -0.39 is 0 Å². The molecule has 0 spiro atoms. The number of nitrogens with zero attached hydrogens (tertiary/aromatic N) is 1. The standard InChI is InChI=1S/C26H24N2O4/c1-18-15-23(19(2)28(18)16-21-11-8-14-31-21)24(29)17-32-25-13-7-6-12-22(25)26(30)27-20-9-4-3-5-10-20/h3-15H,16-17H2,1-2H3,(H,27,30). The number of ketones is 1. The van der Waals surface area contributed by atoms with Crippen molar-refractivity contribution in [1.82, 2.24) is 4.57 Å². The second-order valence-electron chi connectivity index (χ2n) is 7.48. The summed E-state index contributed by atoms with van der Waals surface area (Å²) in [5, 5.41) is 2.84. The van der Waals surface area contributed by atoms with Crippen molar-refractivity contribution in [1.29, 1.82) is 0 Å². The van der Waals surface area contributed by atoms with Crippen LogP contribution in [0.25, 0.3) is 0 Å². The number of ether oxygens (including phenoxy) is 1. The maximum absolute atomic E-state index is 12.9. The smallest absolute Gasteiger partial charge is 0.259 e. The third-order valence-corrected chi connectivity index (χ3v) is 5.29. The van der Waals surface area contributed by atoms with Crippen molar-refractivity contribution in [3.8, 4) is 5.75 Å². The maximum atomic E-state index is 12.9. The lowest BCUT2D eigenvalue weighted by Gasteiger charge is -2.12. The van der Waals surface area contributed by atoms with Gasteiger partial charge in [0.25, 0.3) is 5.91 Å². The van der Waals surface area contributed by atoms with Gasteiger partial charge in [-0.15, -0.1) is 0 Å². The Bertz CT molecular complexity index is 1220. The monoisotopic (exact) mass is 428 g/mol. The summed E-state index contributed by atoms with van der Waals surface area (Å²) in [6.45, 7) is 4.25. The van der Waals surface area contributed by atoms with Gasteiger partial charge in [-0.25, -0.2) is 0 Å². The number of Topliss-reactive ketones (excluding diaryl/α,β-unsaturated/α-hetero) is 1. The van der Waals surface area contributed by atoms with Crippen LogP contribution in [0.5, 0.6) is 5.75 Å². The van der Waals surface area contributed by atoms with Crippen LogP contribution in [0.3, 0.4) is 0 Å². The van der Waals surface area contributed by atoms with Crippen molar-refractivity contribution in [2.75, 3.05) is 11.9 Å². The van der Waals surface area contributed by atoms with Gasteiger partial charge in [0.05, 0.1) is 18.4 Å². The number of nitrogens with one attached hydrogen (secondary N) is 1. The molecule has 0 atom stereocenters. The van der Waals surface area contributed by atoms with Gasteiger partial charge in [0.15, 0.2) is 6.61 Å². The van der Waals surface area contributed by atoms with E-state index >= 15 is 0 Å². The second kappa shape index (κ2) is 9.39. The molecule has 2 aromatic heterocycles. The summed E-state index contributed by atoms with van der Waals surface area (Å²) in [7, 11) is 0. The molecule has 0 aliphatic heterocycles. The number of amides is 1. The number of benzene rings is 2. The van der Waals surface area contributed by atoms with E-state index in [0.717, 1.165) is 17.1 Å². The SMILES string of the molecule is Cc1cc(C(=O)COc2ccccc2C(=O)Nc2ccccc2)c(C)n1Cc1ccco1. The fraction of sp³-hybridized carbons (Fsp3) is 0.154. The Balaban J connectivity index is 1.46. The number of anilines is 1. The van der Waals surface area contributed by atoms with Gasteiger partial charge >= 0.3 is 0 Å². The second-order valence-corrected chi connectivity index (χ2v) is 7.48. The molecular weight excluding hydrogens is 404 g/mol. The summed E-state index contributed by atoms with van der Waals surface area (Å²) < 4.78 is 13.3. The van der Waals surface area contributed by atoms with Crippen molar-refractivity contribution >= 4 is 17.4 Å². The summed E-state index contributed by atoms with van der Waals surface area (Å²) in [6, 6.07) is 21.7. The van der Waals surface area contributed by atoms with E-state index in [2.05, 4.69) is 5.32 Å². The van der Waals surface area contributed by atoms with Crippen LogP contribution in [0.4, 0.5) is 5.69 Å². The molecule has 162 valence electrons. The number of aryl methyl sites for hydroxylation is 1. The molecule has 0 unspecified atom stereocenters. The average molecular weight is 428 g/mol. The molecular formula is C26H24N2O4. The fourth-order valence-electron chi connectivity index (χ4n) is 3.61. The number of rotatable bonds is 8. The Labute approximate surface area is 186 Å². The lowest BCUT2D eigenvalue weighted by molar-refractivity contribution is 0.0913. The molecule has 2 heterocycles. The minimum absolute atomic E-state index is 0.151. The van der Waals surface area contributed by atoms with Crippen molar-refractivity contribution in [3.63, 3.8) is 0 Å². The highest BCUT2D eigenvalue weighted by Gasteiger charge is 2.19. The number of furan rings is 1. The number of carbonyl (C=O) groups excluding carboxylic acids is 2. The van der Waals surface area contributed by atoms with Crippen molar-refractivity contribution in [2.45, 2.75) is 20.4 Å². The lowest BCUT2D eigenvalue weighted by Crippen LogP contribution is -2.17. The molecule has 0 aliphatic carbocycles. The van der Waals surface area contributed by atoms with Crippen LogP contribution in [0, 0.1) is 13.8 Å². The molecule has 2 aromatic carbocycles. The van der Waals surface area contributed by atoms with Crippen LogP contribution >= 0.6 is 0 Å². The summed E-state index contributed by atoms with van der Waals surface area (Å²) in [4.78, 5) is 25.6. The van der Waals surface area contributed by atoms with Gasteiger partial charge in [0.2, 0.25) is 5.78 Å². The highest BCUT2D eigenvalue weighted by atomic mass is 16.5. The number of para-hydroxylation sites is 2. The predicted molar refractivity (Wildman–Crippen MR) is 122 cm³/mol. The van der Waals surface area contributed by atoms with Gasteiger partial charge in [-0.2, -0.15) is 0 Å². The Kier molecular flexibility index (Phi) is 6.22. The Morgan fingerprint density at radius 3 is 2.44 bits per heavy atom. The molecule has 4 rings (SSSR count). The van der Waals surface area contributed by atoms with Gasteiger partial charge < -0.3 is 19.0 Å². The van der Waals surface area contributed by atoms with Crippen LogP contribution < -0.4 is 10.1 Å². The molecule has 0 fully saturated rings. The van der Waals surface area contributed by atoms with E-state index in [9.17, 15) is 9.59 Å². The number of hydrogen-bond acceptors (Lipinski definition) is 4. The third-order valence-electron chi connectivity index (χ3n) is 5.29. The van der Waals surface area contributed by atoms with Crippen LogP contribution in [-0.2, 0) is 6.54 Å². The first-order valence-corrected chi connectivity index (χ1v) is 10.3. The highest BCUT2D eigenvalue weighted by Crippen LogP contribution is 2.22. The van der Waals surface area contributed by atoms with E-state index in [4.69, 9.17) is 9.15 Å². The highest BCUT2D eigenvalue weighted by molar-refractivity contribution is 6.06. The normalized spacial score (nSPS) is 10.7. The predicted octanol–water partition coefficient (Wildman–Crippen LogP) is 5.26. The quantitative estimate of drug-likeness (QED) is 0.389. The maximum Gasteiger partial charge on any atom is 0.259 e. The molecule has 4 aromatic rings. The number of aromatic nitrogens is 1. The van der Waals surface area contributed by atoms with Crippen molar-refractivity contribution in [2.24, 2.45) is 0 Å². The van der Waals surface area contributed by atoms with Gasteiger partial charge in [0, 0.05) is 22.6 Å². The van der Waals surface area contributed by atoms with E-state index in [0.29, 0.717) is 29.1 Å². The first-order valence-electron chi connectivity index (χ1n) is 10.3. The molecule has 32 heavy (non-hydrogen) atoms. The summed E-state index contributed by atoms with van der Waals surface area (Å²) in [5.74, 6) is 0.733. The molecule has 0 radical (unpaired) electrons. The van der Waals surface area contributed by atoms with Gasteiger partial charge in [0.1, 0.15) is 11.5 Å². The number of hydrogen-bond donors (Lipinski definition) is 1. The lowest BCUT2D eigenvalue weighted by atomic mass is 10.1. The van der Waals surface area contributed by atoms with Crippen LogP contribution in [0.2, 0.25) is 0 Å². The van der Waals surface area contributed by atoms with Crippen LogP contribution in [0.1, 0.15) is 37.9 Å². The average Bonchev–Trinajstić information content (AvgIpc) is 3.42. The minimum Gasteiger partial charge on any atom is -0.485 e. The molecule has 1 amide bonds. The summed E-state index contributed by atoms with van der Waals surface area (Å²) in [6.07, 6.45) is 1.63. The molecule has 0 aliphatic rings. The Morgan fingerprint density at radius 1 is 0.938 bits per heavy atom. The molecule has 6 heteroatoms. The minimum atomic E-state index is -0.295. The van der Waals surface area contributed by atoms with Gasteiger partial charge in [-0.05, 0) is 56.3 Å². The largest absolute Gasteiger partial charge is 0.485 e. The molecule has 0 saturated heterocycles. The van der Waals surface area contributed by atoms with Crippen molar-refractivity contribution in [3.05, 3.63) is 107 Å². The topological polar surface area (TPSA) is 73.5 Å². The first kappa shape index (κ1) is 21.2.